The van der Waals surface area contributed by atoms with Crippen molar-refractivity contribution in [1.29, 1.82) is 5.26 Å². The molecule has 11 heavy (non-hydrogen) atoms. The van der Waals surface area contributed by atoms with E-state index in [1.54, 1.807) is 6.07 Å². The average molecular weight is 151 g/mol. The molecule has 1 atom stereocenters. The topological polar surface area (TPSA) is 85.8 Å². The summed E-state index contributed by atoms with van der Waals surface area (Å²) in [6, 6.07) is 4.79. The van der Waals surface area contributed by atoms with E-state index in [4.69, 9.17) is 16.1 Å². The smallest absolute Gasteiger partial charge is 0.188 e. The van der Waals surface area contributed by atoms with E-state index in [2.05, 4.69) is 4.98 Å². The molecular formula is C7H9N3O. The van der Waals surface area contributed by atoms with Gasteiger partial charge >= 0.3 is 0 Å². The van der Waals surface area contributed by atoms with Gasteiger partial charge in [-0.25, -0.2) is 0 Å². The van der Waals surface area contributed by atoms with Crippen LogP contribution in [0.4, 0.5) is 0 Å². The van der Waals surface area contributed by atoms with Crippen molar-refractivity contribution in [1.82, 2.24) is 4.98 Å². The van der Waals surface area contributed by atoms with E-state index >= 15 is 0 Å². The number of nitriles is 1. The highest BCUT2D eigenvalue weighted by Gasteiger charge is 2.06. The molecule has 0 saturated carbocycles. The molecule has 1 aromatic heterocycles. The second-order valence-electron chi connectivity index (χ2n) is 2.27. The molecule has 0 aliphatic rings. The molecule has 0 fully saturated rings. The van der Waals surface area contributed by atoms with Crippen molar-refractivity contribution in [2.24, 2.45) is 5.73 Å². The monoisotopic (exact) mass is 151 g/mol. The number of H-pyrrole nitrogens is 1. The summed E-state index contributed by atoms with van der Waals surface area (Å²) in [5, 5.41) is 17.2. The number of aromatic hydroxyl groups is 1. The highest BCUT2D eigenvalue weighted by Crippen LogP contribution is 2.15. The minimum atomic E-state index is -0.333. The summed E-state index contributed by atoms with van der Waals surface area (Å²) < 4.78 is 0. The van der Waals surface area contributed by atoms with E-state index in [-0.39, 0.29) is 18.3 Å². The number of nitrogens with one attached hydrogen (secondary N) is 1. The Balaban J connectivity index is 2.70. The molecule has 1 rings (SSSR count). The number of hydrogen-bond acceptors (Lipinski definition) is 3. The molecule has 4 N–H and O–H groups in total. The van der Waals surface area contributed by atoms with Crippen LogP contribution in [0.3, 0.4) is 0 Å². The third-order valence-electron chi connectivity index (χ3n) is 1.40. The largest absolute Gasteiger partial charge is 0.495 e. The predicted octanol–water partition coefficient (Wildman–Crippen LogP) is 0.634. The first-order valence-electron chi connectivity index (χ1n) is 3.24. The fraction of sp³-hybridized carbons (Fsp3) is 0.286. The normalized spacial score (nSPS) is 12.4. The van der Waals surface area contributed by atoms with Crippen molar-refractivity contribution in [3.05, 3.63) is 17.8 Å². The van der Waals surface area contributed by atoms with Gasteiger partial charge in [0.25, 0.3) is 0 Å². The van der Waals surface area contributed by atoms with Gasteiger partial charge in [0.05, 0.1) is 18.5 Å². The van der Waals surface area contributed by atoms with Crippen LogP contribution in [0.5, 0.6) is 5.88 Å². The number of hydrogen-bond donors (Lipinski definition) is 3. The molecule has 1 aromatic rings. The van der Waals surface area contributed by atoms with Crippen molar-refractivity contribution >= 4 is 0 Å². The minimum Gasteiger partial charge on any atom is -0.495 e. The summed E-state index contributed by atoms with van der Waals surface area (Å²) in [4.78, 5) is 2.64. The third kappa shape index (κ3) is 1.72. The minimum absolute atomic E-state index is 0.0772. The second kappa shape index (κ2) is 3.08. The first-order chi connectivity index (χ1) is 5.24. The van der Waals surface area contributed by atoms with Crippen molar-refractivity contribution < 1.29 is 5.11 Å². The predicted molar refractivity (Wildman–Crippen MR) is 39.6 cm³/mol. The van der Waals surface area contributed by atoms with Crippen molar-refractivity contribution in [3.63, 3.8) is 0 Å². The molecule has 4 heteroatoms. The molecule has 0 spiro atoms. The van der Waals surface area contributed by atoms with E-state index < -0.39 is 0 Å². The van der Waals surface area contributed by atoms with Crippen LogP contribution in [-0.4, -0.2) is 10.1 Å². The van der Waals surface area contributed by atoms with Crippen molar-refractivity contribution in [2.75, 3.05) is 0 Å². The fourth-order valence-corrected chi connectivity index (χ4v) is 0.825. The zero-order valence-electron chi connectivity index (χ0n) is 5.91. The van der Waals surface area contributed by atoms with Gasteiger partial charge in [-0.1, -0.05) is 0 Å². The molecule has 1 heterocycles. The summed E-state index contributed by atoms with van der Waals surface area (Å²) in [5.41, 5.74) is 6.24. The Morgan fingerprint density at radius 1 is 1.73 bits per heavy atom. The van der Waals surface area contributed by atoms with Gasteiger partial charge in [0, 0.05) is 5.69 Å². The van der Waals surface area contributed by atoms with Gasteiger partial charge in [-0.15, -0.1) is 0 Å². The Bertz CT molecular complexity index is 273. The first kappa shape index (κ1) is 7.63. The van der Waals surface area contributed by atoms with Crippen LogP contribution in [0, 0.1) is 11.3 Å². The van der Waals surface area contributed by atoms with Crippen LogP contribution in [0.2, 0.25) is 0 Å². The van der Waals surface area contributed by atoms with Crippen LogP contribution in [0.25, 0.3) is 0 Å². The Kier molecular flexibility index (Phi) is 2.14. The van der Waals surface area contributed by atoms with Gasteiger partial charge in [-0.3, -0.25) is 0 Å². The van der Waals surface area contributed by atoms with E-state index in [1.165, 1.54) is 6.07 Å². The number of nitrogens with zero attached hydrogens (tertiary/aromatic N) is 1. The van der Waals surface area contributed by atoms with E-state index in [1.807, 2.05) is 6.07 Å². The molecule has 58 valence electrons. The molecule has 0 bridgehead atoms. The lowest BCUT2D eigenvalue weighted by atomic mass is 10.2. The van der Waals surface area contributed by atoms with Crippen LogP contribution in [0.1, 0.15) is 18.2 Å². The van der Waals surface area contributed by atoms with Crippen LogP contribution in [0.15, 0.2) is 12.1 Å². The lowest BCUT2D eigenvalue weighted by Gasteiger charge is -2.02. The van der Waals surface area contributed by atoms with Crippen molar-refractivity contribution in [2.45, 2.75) is 12.5 Å². The quantitative estimate of drug-likeness (QED) is 0.579. The Hall–Kier alpha value is -1.47. The van der Waals surface area contributed by atoms with Crippen molar-refractivity contribution in [3.8, 4) is 11.9 Å². The Morgan fingerprint density at radius 2 is 2.45 bits per heavy atom. The molecular weight excluding hydrogens is 142 g/mol. The standard InChI is InChI=1S/C7H9N3O/c8-4-3-5(9)6-1-2-7(11)10-6/h1-2,5,10-11H,3,9H2/t5-/m0/s1. The summed E-state index contributed by atoms with van der Waals surface area (Å²) in [6.45, 7) is 0. The molecule has 0 radical (unpaired) electrons. The first-order valence-corrected chi connectivity index (χ1v) is 3.24. The zero-order valence-corrected chi connectivity index (χ0v) is 5.91. The Morgan fingerprint density at radius 3 is 2.91 bits per heavy atom. The fourth-order valence-electron chi connectivity index (χ4n) is 0.825. The van der Waals surface area contributed by atoms with Gasteiger partial charge in [0.1, 0.15) is 0 Å². The summed E-state index contributed by atoms with van der Waals surface area (Å²) >= 11 is 0. The van der Waals surface area contributed by atoms with E-state index in [0.29, 0.717) is 5.69 Å². The van der Waals surface area contributed by atoms with Gasteiger partial charge in [-0.2, -0.15) is 5.26 Å². The maximum atomic E-state index is 8.88. The SMILES string of the molecule is N#CC[C@H](N)c1ccc(O)[nH]1. The zero-order chi connectivity index (χ0) is 8.27. The van der Waals surface area contributed by atoms with Crippen LogP contribution >= 0.6 is 0 Å². The highest BCUT2D eigenvalue weighted by molar-refractivity contribution is 5.19. The van der Waals surface area contributed by atoms with E-state index in [9.17, 15) is 0 Å². The van der Waals surface area contributed by atoms with Gasteiger partial charge in [0.2, 0.25) is 0 Å². The molecule has 0 unspecified atom stereocenters. The molecule has 0 amide bonds. The lowest BCUT2D eigenvalue weighted by Crippen LogP contribution is -2.09. The second-order valence-corrected chi connectivity index (χ2v) is 2.27. The number of aromatic nitrogens is 1. The van der Waals surface area contributed by atoms with Gasteiger partial charge in [-0.05, 0) is 12.1 Å². The van der Waals surface area contributed by atoms with Crippen LogP contribution < -0.4 is 5.73 Å². The summed E-state index contributed by atoms with van der Waals surface area (Å²) in [5.74, 6) is 0.0772. The van der Waals surface area contributed by atoms with Crippen LogP contribution in [-0.2, 0) is 0 Å². The molecule has 0 aliphatic heterocycles. The highest BCUT2D eigenvalue weighted by atomic mass is 16.3. The van der Waals surface area contributed by atoms with Gasteiger partial charge < -0.3 is 15.8 Å². The third-order valence-corrected chi connectivity index (χ3v) is 1.40. The molecule has 4 nitrogen and oxygen atoms in total. The summed E-state index contributed by atoms with van der Waals surface area (Å²) in [7, 11) is 0. The maximum Gasteiger partial charge on any atom is 0.188 e. The number of rotatable bonds is 2. The van der Waals surface area contributed by atoms with Gasteiger partial charge in [0.15, 0.2) is 5.88 Å². The lowest BCUT2D eigenvalue weighted by molar-refractivity contribution is 0.454. The van der Waals surface area contributed by atoms with E-state index in [0.717, 1.165) is 0 Å². The average Bonchev–Trinajstić information content (AvgIpc) is 2.36. The Labute approximate surface area is 64.3 Å². The molecule has 0 aromatic carbocycles. The molecule has 0 aliphatic carbocycles. The maximum absolute atomic E-state index is 8.88. The number of aromatic amines is 1. The number of nitrogens with two attached hydrogens (primary N) is 1. The summed E-state index contributed by atoms with van der Waals surface area (Å²) in [6.07, 6.45) is 0.250. The molecule has 0 saturated heterocycles.